The van der Waals surface area contributed by atoms with E-state index in [1.54, 1.807) is 12.1 Å². The molecule has 3 unspecified atom stereocenters. The third-order valence-electron chi connectivity index (χ3n) is 5.58. The van der Waals surface area contributed by atoms with Gasteiger partial charge in [-0.3, -0.25) is 4.79 Å². The minimum atomic E-state index is 0.123. The van der Waals surface area contributed by atoms with Crippen LogP contribution in [-0.4, -0.2) is 18.0 Å². The molecule has 2 aromatic carbocycles. The Bertz CT molecular complexity index is 820. The van der Waals surface area contributed by atoms with E-state index in [9.17, 15) is 9.90 Å². The van der Waals surface area contributed by atoms with Crippen LogP contribution in [0.3, 0.4) is 0 Å². The molecule has 3 nitrogen and oxygen atoms in total. The van der Waals surface area contributed by atoms with Crippen molar-refractivity contribution in [2.75, 3.05) is 7.11 Å². The largest absolute Gasteiger partial charge is 0.504 e. The minimum Gasteiger partial charge on any atom is -0.504 e. The molecule has 25 heavy (non-hydrogen) atoms. The molecule has 0 aliphatic heterocycles. The topological polar surface area (TPSA) is 46.5 Å². The fraction of sp³-hybridized carbons (Fsp3) is 0.318. The van der Waals surface area contributed by atoms with Crippen LogP contribution in [0.15, 0.2) is 54.6 Å². The molecule has 2 aromatic rings. The molecule has 1 fully saturated rings. The van der Waals surface area contributed by atoms with E-state index in [1.807, 2.05) is 30.3 Å². The van der Waals surface area contributed by atoms with Gasteiger partial charge in [-0.1, -0.05) is 42.5 Å². The van der Waals surface area contributed by atoms with E-state index < -0.39 is 0 Å². The molecular formula is C22H22O3. The summed E-state index contributed by atoms with van der Waals surface area (Å²) in [4.78, 5) is 12.6. The molecule has 0 amide bonds. The lowest BCUT2D eigenvalue weighted by atomic mass is 9.87. The lowest BCUT2D eigenvalue weighted by Gasteiger charge is -2.17. The maximum Gasteiger partial charge on any atom is 0.163 e. The van der Waals surface area contributed by atoms with Crippen LogP contribution in [0.2, 0.25) is 0 Å². The van der Waals surface area contributed by atoms with Gasteiger partial charge >= 0.3 is 0 Å². The van der Waals surface area contributed by atoms with Crippen molar-refractivity contribution in [3.63, 3.8) is 0 Å². The molecule has 1 N–H and O–H groups in total. The second-order valence-electron chi connectivity index (χ2n) is 7.13. The van der Waals surface area contributed by atoms with Gasteiger partial charge in [0.1, 0.15) is 0 Å². The summed E-state index contributed by atoms with van der Waals surface area (Å²) in [6.07, 6.45) is 7.66. The third-order valence-corrected chi connectivity index (χ3v) is 5.58. The Morgan fingerprint density at radius 2 is 1.84 bits per heavy atom. The summed E-state index contributed by atoms with van der Waals surface area (Å²) in [6.45, 7) is 0. The number of ether oxygens (including phenoxy) is 1. The normalized spacial score (nSPS) is 23.8. The number of phenolic OH excluding ortho intramolecular Hbond substituents is 1. The standard InChI is InChI=1S/C22H22O3/c1-25-22-13-18(8-9-20(22)23)15-4-6-16(7-5-15)21(24)12-19-11-14-2-3-17(19)10-14/h2-9,13-14,17,19,23H,10-12H2,1H3. The second kappa shape index (κ2) is 6.40. The molecule has 0 aromatic heterocycles. The molecule has 1 saturated carbocycles. The number of hydrogen-bond donors (Lipinski definition) is 1. The number of benzene rings is 2. The Labute approximate surface area is 148 Å². The Hall–Kier alpha value is -2.55. The van der Waals surface area contributed by atoms with Gasteiger partial charge in [0.15, 0.2) is 17.3 Å². The van der Waals surface area contributed by atoms with Crippen molar-refractivity contribution in [1.82, 2.24) is 0 Å². The van der Waals surface area contributed by atoms with Gasteiger partial charge in [-0.05, 0) is 53.9 Å². The number of carbonyl (C=O) groups excluding carboxylic acids is 1. The summed E-state index contributed by atoms with van der Waals surface area (Å²) < 4.78 is 5.16. The van der Waals surface area contributed by atoms with Gasteiger partial charge < -0.3 is 9.84 Å². The van der Waals surface area contributed by atoms with Crippen molar-refractivity contribution < 1.29 is 14.6 Å². The second-order valence-corrected chi connectivity index (χ2v) is 7.13. The van der Waals surface area contributed by atoms with Crippen LogP contribution in [0.25, 0.3) is 11.1 Å². The Balaban J connectivity index is 1.48. The Morgan fingerprint density at radius 3 is 2.48 bits per heavy atom. The predicted molar refractivity (Wildman–Crippen MR) is 97.9 cm³/mol. The van der Waals surface area contributed by atoms with E-state index in [2.05, 4.69) is 12.2 Å². The smallest absolute Gasteiger partial charge is 0.163 e. The van der Waals surface area contributed by atoms with Crippen molar-refractivity contribution >= 4 is 5.78 Å². The van der Waals surface area contributed by atoms with Crippen molar-refractivity contribution in [1.29, 1.82) is 0 Å². The molecule has 2 aliphatic carbocycles. The summed E-state index contributed by atoms with van der Waals surface area (Å²) in [7, 11) is 1.53. The molecule has 0 saturated heterocycles. The lowest BCUT2D eigenvalue weighted by Crippen LogP contribution is -2.13. The molecule has 0 heterocycles. The van der Waals surface area contributed by atoms with Gasteiger partial charge in [0, 0.05) is 12.0 Å². The Kier molecular flexibility index (Phi) is 4.08. The first-order valence-corrected chi connectivity index (χ1v) is 8.83. The van der Waals surface area contributed by atoms with Gasteiger partial charge in [-0.2, -0.15) is 0 Å². The highest BCUT2D eigenvalue weighted by Gasteiger charge is 2.36. The van der Waals surface area contributed by atoms with E-state index >= 15 is 0 Å². The average Bonchev–Trinajstić information content (AvgIpc) is 3.25. The SMILES string of the molecule is COc1cc(-c2ccc(C(=O)CC3CC4C=CC3C4)cc2)ccc1O. The van der Waals surface area contributed by atoms with E-state index in [-0.39, 0.29) is 11.5 Å². The molecule has 3 atom stereocenters. The highest BCUT2D eigenvalue weighted by Crippen LogP contribution is 2.45. The maximum atomic E-state index is 12.6. The van der Waals surface area contributed by atoms with Crippen LogP contribution in [0.5, 0.6) is 11.5 Å². The number of ketones is 1. The van der Waals surface area contributed by atoms with Gasteiger partial charge in [0.25, 0.3) is 0 Å². The van der Waals surface area contributed by atoms with Crippen molar-refractivity contribution in [2.45, 2.75) is 19.3 Å². The molecule has 2 bridgehead atoms. The number of Topliss-reactive ketones (excluding diaryl/α,β-unsaturated/α-hetero) is 1. The first-order chi connectivity index (χ1) is 12.1. The first kappa shape index (κ1) is 15.9. The van der Waals surface area contributed by atoms with E-state index in [1.165, 1.54) is 13.5 Å². The molecule has 0 spiro atoms. The van der Waals surface area contributed by atoms with Crippen molar-refractivity contribution in [2.24, 2.45) is 17.8 Å². The summed E-state index contributed by atoms with van der Waals surface area (Å²) in [5.74, 6) is 2.64. The number of allylic oxidation sites excluding steroid dienone is 2. The van der Waals surface area contributed by atoms with Crippen LogP contribution in [0, 0.1) is 17.8 Å². The summed E-state index contributed by atoms with van der Waals surface area (Å²) >= 11 is 0. The van der Waals surface area contributed by atoms with Gasteiger partial charge in [-0.15, -0.1) is 0 Å². The molecule has 0 radical (unpaired) electrons. The van der Waals surface area contributed by atoms with Crippen LogP contribution in [0.4, 0.5) is 0 Å². The molecule has 128 valence electrons. The fourth-order valence-electron chi connectivity index (χ4n) is 4.19. The number of rotatable bonds is 5. The molecule has 3 heteroatoms. The van der Waals surface area contributed by atoms with Gasteiger partial charge in [0.2, 0.25) is 0 Å². The number of fused-ring (bicyclic) bond motifs is 2. The maximum absolute atomic E-state index is 12.6. The number of hydrogen-bond acceptors (Lipinski definition) is 3. The van der Waals surface area contributed by atoms with E-state index in [0.29, 0.717) is 29.9 Å². The highest BCUT2D eigenvalue weighted by atomic mass is 16.5. The number of carbonyl (C=O) groups is 1. The predicted octanol–water partition coefficient (Wildman–Crippen LogP) is 4.85. The molecule has 4 rings (SSSR count). The van der Waals surface area contributed by atoms with Gasteiger partial charge in [-0.25, -0.2) is 0 Å². The average molecular weight is 334 g/mol. The summed E-state index contributed by atoms with van der Waals surface area (Å²) in [5.41, 5.74) is 2.73. The van der Waals surface area contributed by atoms with E-state index in [4.69, 9.17) is 4.74 Å². The zero-order valence-corrected chi connectivity index (χ0v) is 14.3. The molecular weight excluding hydrogens is 312 g/mol. The Morgan fingerprint density at radius 1 is 1.08 bits per heavy atom. The number of methoxy groups -OCH3 is 1. The fourth-order valence-corrected chi connectivity index (χ4v) is 4.19. The third kappa shape index (κ3) is 3.07. The van der Waals surface area contributed by atoms with Crippen LogP contribution in [-0.2, 0) is 0 Å². The van der Waals surface area contributed by atoms with Crippen LogP contribution >= 0.6 is 0 Å². The monoisotopic (exact) mass is 334 g/mol. The number of phenols is 1. The first-order valence-electron chi connectivity index (χ1n) is 8.83. The van der Waals surface area contributed by atoms with Crippen molar-refractivity contribution in [3.05, 3.63) is 60.2 Å². The highest BCUT2D eigenvalue weighted by molar-refractivity contribution is 5.96. The molecule has 2 aliphatic rings. The van der Waals surface area contributed by atoms with E-state index in [0.717, 1.165) is 23.1 Å². The summed E-state index contributed by atoms with van der Waals surface area (Å²) in [6, 6.07) is 13.0. The quantitative estimate of drug-likeness (QED) is 0.628. The zero-order valence-electron chi connectivity index (χ0n) is 14.3. The van der Waals surface area contributed by atoms with Gasteiger partial charge in [0.05, 0.1) is 7.11 Å². The lowest BCUT2D eigenvalue weighted by molar-refractivity contribution is 0.0954. The zero-order chi connectivity index (χ0) is 17.4. The van der Waals surface area contributed by atoms with Crippen molar-refractivity contribution in [3.8, 4) is 22.6 Å². The number of aromatic hydroxyl groups is 1. The summed E-state index contributed by atoms with van der Waals surface area (Å²) in [5, 5.41) is 9.70. The van der Waals surface area contributed by atoms with Crippen LogP contribution < -0.4 is 4.74 Å². The minimum absolute atomic E-state index is 0.123. The van der Waals surface area contributed by atoms with Crippen LogP contribution in [0.1, 0.15) is 29.6 Å².